The molecule has 0 amide bonds. The second kappa shape index (κ2) is 6.62. The zero-order valence-corrected chi connectivity index (χ0v) is 13.2. The van der Waals surface area contributed by atoms with Crippen molar-refractivity contribution < 1.29 is 9.53 Å². The first-order valence-corrected chi connectivity index (χ1v) is 7.51. The van der Waals surface area contributed by atoms with E-state index >= 15 is 0 Å². The van der Waals surface area contributed by atoms with Gasteiger partial charge in [-0.15, -0.1) is 5.10 Å². The van der Waals surface area contributed by atoms with Crippen molar-refractivity contribution >= 4 is 17.6 Å². The molecular weight excluding hydrogens is 314 g/mol. The van der Waals surface area contributed by atoms with E-state index in [1.54, 1.807) is 6.92 Å². The minimum atomic E-state index is -0.496. The first-order chi connectivity index (χ1) is 11.2. The summed E-state index contributed by atoms with van der Waals surface area (Å²) in [4.78, 5) is 11.9. The van der Waals surface area contributed by atoms with Crippen molar-refractivity contribution in [1.29, 1.82) is 0 Å². The van der Waals surface area contributed by atoms with Gasteiger partial charge in [-0.25, -0.2) is 4.79 Å². The van der Waals surface area contributed by atoms with Crippen molar-refractivity contribution in [2.75, 3.05) is 6.61 Å². The number of aromatic nitrogens is 3. The lowest BCUT2D eigenvalue weighted by molar-refractivity contribution is 0.0520. The average molecular weight is 328 g/mol. The standard InChI is InChI=1S/C17H14ClN3O2/c1-2-23-17(22)16-15(19-21-20-16)13-7-3-5-11(9-13)12-6-4-8-14(18)10-12/h3-10H,2H2,1H3,(H,19,20,21). The van der Waals surface area contributed by atoms with E-state index in [-0.39, 0.29) is 12.3 Å². The van der Waals surface area contributed by atoms with E-state index < -0.39 is 5.97 Å². The maximum Gasteiger partial charge on any atom is 0.361 e. The number of H-pyrrole nitrogens is 1. The molecule has 1 N–H and O–H groups in total. The summed E-state index contributed by atoms with van der Waals surface area (Å²) < 4.78 is 5.00. The molecule has 3 rings (SSSR count). The van der Waals surface area contributed by atoms with Gasteiger partial charge in [0.05, 0.1) is 6.61 Å². The van der Waals surface area contributed by atoms with Crippen LogP contribution in [0.15, 0.2) is 48.5 Å². The van der Waals surface area contributed by atoms with Gasteiger partial charge in [-0.1, -0.05) is 41.9 Å². The van der Waals surface area contributed by atoms with Crippen molar-refractivity contribution in [2.45, 2.75) is 6.92 Å². The fourth-order valence-electron chi connectivity index (χ4n) is 2.29. The highest BCUT2D eigenvalue weighted by Gasteiger charge is 2.19. The fraction of sp³-hybridized carbons (Fsp3) is 0.118. The lowest BCUT2D eigenvalue weighted by Crippen LogP contribution is -2.06. The van der Waals surface area contributed by atoms with Crippen LogP contribution in [0.1, 0.15) is 17.4 Å². The molecule has 0 radical (unpaired) electrons. The molecule has 0 atom stereocenters. The van der Waals surface area contributed by atoms with Crippen LogP contribution in [0.5, 0.6) is 0 Å². The Balaban J connectivity index is 2.01. The lowest BCUT2D eigenvalue weighted by Gasteiger charge is -2.05. The molecule has 0 aliphatic carbocycles. The molecule has 23 heavy (non-hydrogen) atoms. The quantitative estimate of drug-likeness (QED) is 0.736. The number of aromatic amines is 1. The summed E-state index contributed by atoms with van der Waals surface area (Å²) in [6.45, 7) is 2.03. The van der Waals surface area contributed by atoms with Crippen molar-refractivity contribution in [1.82, 2.24) is 15.4 Å². The number of esters is 1. The largest absolute Gasteiger partial charge is 0.461 e. The van der Waals surface area contributed by atoms with Gasteiger partial charge in [0, 0.05) is 10.6 Å². The van der Waals surface area contributed by atoms with E-state index in [0.717, 1.165) is 16.7 Å². The second-order valence-corrected chi connectivity index (χ2v) is 5.27. The highest BCUT2D eigenvalue weighted by atomic mass is 35.5. The zero-order chi connectivity index (χ0) is 16.2. The Morgan fingerprint density at radius 1 is 1.09 bits per heavy atom. The maximum absolute atomic E-state index is 11.9. The highest BCUT2D eigenvalue weighted by Crippen LogP contribution is 2.28. The number of carbonyl (C=O) groups is 1. The topological polar surface area (TPSA) is 67.9 Å². The highest BCUT2D eigenvalue weighted by molar-refractivity contribution is 6.30. The SMILES string of the molecule is CCOC(=O)c1n[nH]nc1-c1cccc(-c2cccc(Cl)c2)c1. The summed E-state index contributed by atoms with van der Waals surface area (Å²) in [5, 5.41) is 11.1. The third-order valence-electron chi connectivity index (χ3n) is 3.31. The van der Waals surface area contributed by atoms with Gasteiger partial charge in [0.15, 0.2) is 5.69 Å². The van der Waals surface area contributed by atoms with Crippen LogP contribution < -0.4 is 0 Å². The molecule has 0 saturated heterocycles. The molecule has 116 valence electrons. The summed E-state index contributed by atoms with van der Waals surface area (Å²) in [5.41, 5.74) is 3.38. The predicted octanol–water partition coefficient (Wildman–Crippen LogP) is 3.97. The van der Waals surface area contributed by atoms with Gasteiger partial charge in [-0.2, -0.15) is 10.3 Å². The van der Waals surface area contributed by atoms with Gasteiger partial charge in [0.2, 0.25) is 0 Å². The minimum Gasteiger partial charge on any atom is -0.461 e. The monoisotopic (exact) mass is 327 g/mol. The number of hydrogen-bond acceptors (Lipinski definition) is 4. The Morgan fingerprint density at radius 3 is 2.52 bits per heavy atom. The number of nitrogens with one attached hydrogen (secondary N) is 1. The molecule has 0 aliphatic rings. The fourth-order valence-corrected chi connectivity index (χ4v) is 2.48. The van der Waals surface area contributed by atoms with Crippen LogP contribution in [-0.4, -0.2) is 28.0 Å². The van der Waals surface area contributed by atoms with Crippen LogP contribution in [0.3, 0.4) is 0 Å². The van der Waals surface area contributed by atoms with Crippen LogP contribution in [0.2, 0.25) is 5.02 Å². The van der Waals surface area contributed by atoms with Gasteiger partial charge < -0.3 is 4.74 Å². The van der Waals surface area contributed by atoms with Crippen molar-refractivity contribution in [3.05, 3.63) is 59.2 Å². The van der Waals surface area contributed by atoms with Crippen LogP contribution >= 0.6 is 11.6 Å². The molecule has 0 aliphatic heterocycles. The second-order valence-electron chi connectivity index (χ2n) is 4.83. The summed E-state index contributed by atoms with van der Waals surface area (Å²) in [5.74, 6) is -0.496. The molecule has 1 aromatic heterocycles. The molecule has 0 bridgehead atoms. The summed E-state index contributed by atoms with van der Waals surface area (Å²) in [6, 6.07) is 15.3. The smallest absolute Gasteiger partial charge is 0.361 e. The minimum absolute atomic E-state index is 0.176. The number of benzene rings is 2. The maximum atomic E-state index is 11.9. The molecule has 0 fully saturated rings. The third kappa shape index (κ3) is 3.24. The summed E-state index contributed by atoms with van der Waals surface area (Å²) in [6.07, 6.45) is 0. The van der Waals surface area contributed by atoms with Gasteiger partial charge in [0.25, 0.3) is 0 Å². The lowest BCUT2D eigenvalue weighted by atomic mass is 10.0. The van der Waals surface area contributed by atoms with Crippen molar-refractivity contribution in [3.63, 3.8) is 0 Å². The number of ether oxygens (including phenoxy) is 1. The molecular formula is C17H14ClN3O2. The van der Waals surface area contributed by atoms with E-state index in [1.807, 2.05) is 48.5 Å². The number of hydrogen-bond donors (Lipinski definition) is 1. The number of carbonyl (C=O) groups excluding carboxylic acids is 1. The normalized spacial score (nSPS) is 10.5. The van der Waals surface area contributed by atoms with Crippen LogP contribution in [0.4, 0.5) is 0 Å². The molecule has 1 heterocycles. The molecule has 2 aromatic carbocycles. The number of halogens is 1. The van der Waals surface area contributed by atoms with Gasteiger partial charge in [-0.3, -0.25) is 0 Å². The Kier molecular flexibility index (Phi) is 4.39. The van der Waals surface area contributed by atoms with Gasteiger partial charge >= 0.3 is 5.97 Å². The number of nitrogens with zero attached hydrogens (tertiary/aromatic N) is 2. The average Bonchev–Trinajstić information content (AvgIpc) is 3.05. The van der Waals surface area contributed by atoms with Crippen LogP contribution in [0.25, 0.3) is 22.4 Å². The summed E-state index contributed by atoms with van der Waals surface area (Å²) >= 11 is 6.05. The van der Waals surface area contributed by atoms with E-state index in [9.17, 15) is 4.79 Å². The summed E-state index contributed by atoms with van der Waals surface area (Å²) in [7, 11) is 0. The van der Waals surface area contributed by atoms with E-state index in [0.29, 0.717) is 10.7 Å². The van der Waals surface area contributed by atoms with E-state index in [1.165, 1.54) is 0 Å². The van der Waals surface area contributed by atoms with Crippen molar-refractivity contribution in [3.8, 4) is 22.4 Å². The molecule has 0 spiro atoms. The molecule has 5 nitrogen and oxygen atoms in total. The predicted molar refractivity (Wildman–Crippen MR) is 88.2 cm³/mol. The van der Waals surface area contributed by atoms with E-state index in [2.05, 4.69) is 15.4 Å². The van der Waals surface area contributed by atoms with Crippen molar-refractivity contribution in [2.24, 2.45) is 0 Å². The van der Waals surface area contributed by atoms with Gasteiger partial charge in [-0.05, 0) is 36.2 Å². The Hall–Kier alpha value is -2.66. The first kappa shape index (κ1) is 15.2. The molecule has 3 aromatic rings. The zero-order valence-electron chi connectivity index (χ0n) is 12.4. The van der Waals surface area contributed by atoms with Crippen LogP contribution in [-0.2, 0) is 4.74 Å². The Morgan fingerprint density at radius 2 is 1.78 bits per heavy atom. The van der Waals surface area contributed by atoms with E-state index in [4.69, 9.17) is 16.3 Å². The third-order valence-corrected chi connectivity index (χ3v) is 3.55. The Labute approximate surface area is 138 Å². The molecule has 0 unspecified atom stereocenters. The number of rotatable bonds is 4. The molecule has 6 heteroatoms. The van der Waals surface area contributed by atoms with Crippen LogP contribution in [0, 0.1) is 0 Å². The molecule has 0 saturated carbocycles. The Bertz CT molecular complexity index is 845. The first-order valence-electron chi connectivity index (χ1n) is 7.13. The van der Waals surface area contributed by atoms with Gasteiger partial charge in [0.1, 0.15) is 5.69 Å².